The molecule has 0 N–H and O–H groups in total. The highest BCUT2D eigenvalue weighted by Crippen LogP contribution is 2.36. The van der Waals surface area contributed by atoms with Crippen molar-refractivity contribution in [3.8, 4) is 0 Å². The molecule has 0 aromatic heterocycles. The molecule has 6 heteroatoms. The van der Waals surface area contributed by atoms with Crippen molar-refractivity contribution >= 4 is 21.8 Å². The smallest absolute Gasteiger partial charge is 0.212 e. The minimum Gasteiger partial charge on any atom is -0.212 e. The average molecular weight is 380 g/mol. The molecule has 2 aromatic carbocycles. The first-order valence-corrected chi connectivity index (χ1v) is 11.0. The van der Waals surface area contributed by atoms with Gasteiger partial charge in [-0.15, -0.1) is 0 Å². The minimum absolute atomic E-state index is 0.000717. The molecule has 0 amide bonds. The van der Waals surface area contributed by atoms with E-state index < -0.39 is 10.0 Å². The van der Waals surface area contributed by atoms with Crippen molar-refractivity contribution in [1.82, 2.24) is 4.31 Å². The lowest BCUT2D eigenvalue weighted by molar-refractivity contribution is 0.426. The third-order valence-corrected chi connectivity index (χ3v) is 7.58. The Morgan fingerprint density at radius 2 is 1.84 bits per heavy atom. The van der Waals surface area contributed by atoms with Crippen molar-refractivity contribution in [3.63, 3.8) is 0 Å². The molecule has 0 bridgehead atoms. The predicted octanol–water partition coefficient (Wildman–Crippen LogP) is 4.14. The van der Waals surface area contributed by atoms with Gasteiger partial charge in [-0.05, 0) is 25.0 Å². The van der Waals surface area contributed by atoms with Gasteiger partial charge in [0.25, 0.3) is 0 Å². The van der Waals surface area contributed by atoms with Crippen LogP contribution < -0.4 is 0 Å². The highest BCUT2D eigenvalue weighted by Gasteiger charge is 2.28. The lowest BCUT2D eigenvalue weighted by Gasteiger charge is -2.20. The summed E-state index contributed by atoms with van der Waals surface area (Å²) in [6.45, 7) is 2.89. The molecular weight excluding hydrogens is 357 g/mol. The summed E-state index contributed by atoms with van der Waals surface area (Å²) in [5.41, 5.74) is 2.58. The molecule has 25 heavy (non-hydrogen) atoms. The monoisotopic (exact) mass is 379 g/mol. The van der Waals surface area contributed by atoms with Crippen molar-refractivity contribution in [2.75, 3.05) is 18.8 Å². The molecule has 1 saturated heterocycles. The van der Waals surface area contributed by atoms with E-state index in [0.717, 1.165) is 11.1 Å². The van der Waals surface area contributed by atoms with Crippen molar-refractivity contribution in [3.05, 3.63) is 71.0 Å². The van der Waals surface area contributed by atoms with E-state index in [1.165, 1.54) is 6.07 Å². The normalized spacial score (nSPS) is 19.5. The predicted molar refractivity (Wildman–Crippen MR) is 102 cm³/mol. The average Bonchev–Trinajstić information content (AvgIpc) is 2.84. The third-order valence-electron chi connectivity index (χ3n) is 4.42. The number of sulfonamides is 1. The Morgan fingerprint density at radius 3 is 2.56 bits per heavy atom. The molecule has 0 aliphatic carbocycles. The number of halogens is 1. The standard InChI is InChI=1S/C19H22FNO2S2/c1-15-6-8-16(9-7-15)14-25(22,23)21-11-10-19(24-13-12-21)17-4-2-3-5-18(17)20/h2-9,19H,10-14H2,1H3. The van der Waals surface area contributed by atoms with E-state index in [4.69, 9.17) is 0 Å². The van der Waals surface area contributed by atoms with Gasteiger partial charge in [0.1, 0.15) is 5.82 Å². The van der Waals surface area contributed by atoms with Gasteiger partial charge in [-0.2, -0.15) is 11.8 Å². The lowest BCUT2D eigenvalue weighted by atomic mass is 10.1. The van der Waals surface area contributed by atoms with Gasteiger partial charge in [-0.3, -0.25) is 0 Å². The zero-order valence-electron chi connectivity index (χ0n) is 14.2. The summed E-state index contributed by atoms with van der Waals surface area (Å²) >= 11 is 1.63. The molecule has 1 aliphatic heterocycles. The lowest BCUT2D eigenvalue weighted by Crippen LogP contribution is -2.34. The summed E-state index contributed by atoms with van der Waals surface area (Å²) < 4.78 is 41.1. The molecule has 3 rings (SSSR count). The Morgan fingerprint density at radius 1 is 1.12 bits per heavy atom. The molecule has 3 nitrogen and oxygen atoms in total. The van der Waals surface area contributed by atoms with Gasteiger partial charge in [-0.1, -0.05) is 48.0 Å². The van der Waals surface area contributed by atoms with Gasteiger partial charge in [-0.25, -0.2) is 17.1 Å². The first kappa shape index (κ1) is 18.4. The molecule has 0 spiro atoms. The molecule has 2 aromatic rings. The van der Waals surface area contributed by atoms with Gasteiger partial charge in [0.05, 0.1) is 5.75 Å². The number of hydrogen-bond donors (Lipinski definition) is 0. The second-order valence-corrected chi connectivity index (χ2v) is 9.59. The number of benzene rings is 2. The van der Waals surface area contributed by atoms with Crippen LogP contribution in [-0.2, 0) is 15.8 Å². The first-order chi connectivity index (χ1) is 12.0. The van der Waals surface area contributed by atoms with Gasteiger partial charge in [0.2, 0.25) is 10.0 Å². The highest BCUT2D eigenvalue weighted by atomic mass is 32.2. The quantitative estimate of drug-likeness (QED) is 0.801. The van der Waals surface area contributed by atoms with Crippen LogP contribution in [0.5, 0.6) is 0 Å². The van der Waals surface area contributed by atoms with E-state index in [9.17, 15) is 12.8 Å². The van der Waals surface area contributed by atoms with Gasteiger partial charge in [0, 0.05) is 29.7 Å². The zero-order valence-corrected chi connectivity index (χ0v) is 15.8. The van der Waals surface area contributed by atoms with E-state index >= 15 is 0 Å². The summed E-state index contributed by atoms with van der Waals surface area (Å²) in [5.74, 6) is 0.477. The van der Waals surface area contributed by atoms with Gasteiger partial charge < -0.3 is 0 Å². The first-order valence-electron chi connectivity index (χ1n) is 8.35. The van der Waals surface area contributed by atoms with Crippen LogP contribution in [0.15, 0.2) is 48.5 Å². The minimum atomic E-state index is -3.36. The number of nitrogens with zero attached hydrogens (tertiary/aromatic N) is 1. The van der Waals surface area contributed by atoms with Crippen LogP contribution in [0.1, 0.15) is 28.4 Å². The summed E-state index contributed by atoms with van der Waals surface area (Å²) in [6.07, 6.45) is 0.624. The fourth-order valence-electron chi connectivity index (χ4n) is 3.00. The molecule has 0 saturated carbocycles. The van der Waals surface area contributed by atoms with Crippen molar-refractivity contribution in [1.29, 1.82) is 0 Å². The fraction of sp³-hybridized carbons (Fsp3) is 0.368. The van der Waals surface area contributed by atoms with Crippen LogP contribution in [0, 0.1) is 12.7 Å². The maximum Gasteiger partial charge on any atom is 0.218 e. The topological polar surface area (TPSA) is 37.4 Å². The molecular formula is C19H22FNO2S2. The summed E-state index contributed by atoms with van der Waals surface area (Å²) in [6, 6.07) is 14.3. The second-order valence-electron chi connectivity index (χ2n) is 6.31. The Bertz CT molecular complexity index is 822. The molecule has 1 aliphatic rings. The Hall–Kier alpha value is -1.37. The van der Waals surface area contributed by atoms with Crippen LogP contribution in [0.4, 0.5) is 4.39 Å². The highest BCUT2D eigenvalue weighted by molar-refractivity contribution is 7.99. The Balaban J connectivity index is 1.69. The van der Waals surface area contributed by atoms with Crippen molar-refractivity contribution in [2.45, 2.75) is 24.3 Å². The molecule has 0 radical (unpaired) electrons. The molecule has 1 fully saturated rings. The number of hydrogen-bond acceptors (Lipinski definition) is 3. The van der Waals surface area contributed by atoms with Crippen LogP contribution in [0.2, 0.25) is 0 Å². The van der Waals surface area contributed by atoms with E-state index in [1.807, 2.05) is 37.3 Å². The summed E-state index contributed by atoms with van der Waals surface area (Å²) in [5, 5.41) is 0.000717. The zero-order chi connectivity index (χ0) is 17.9. The Kier molecular flexibility index (Phi) is 5.81. The largest absolute Gasteiger partial charge is 0.218 e. The number of aryl methyl sites for hydroxylation is 1. The van der Waals surface area contributed by atoms with Crippen LogP contribution >= 0.6 is 11.8 Å². The SMILES string of the molecule is Cc1ccc(CS(=O)(=O)N2CCSC(c3ccccc3F)CC2)cc1. The third kappa shape index (κ3) is 4.63. The number of rotatable bonds is 4. The number of thioether (sulfide) groups is 1. The van der Waals surface area contributed by atoms with E-state index in [0.29, 0.717) is 30.8 Å². The summed E-state index contributed by atoms with van der Waals surface area (Å²) in [4.78, 5) is 0. The van der Waals surface area contributed by atoms with Gasteiger partial charge in [0.15, 0.2) is 0 Å². The fourth-order valence-corrected chi connectivity index (χ4v) is 5.92. The maximum absolute atomic E-state index is 14.0. The maximum atomic E-state index is 14.0. The van der Waals surface area contributed by atoms with Crippen LogP contribution in [-0.4, -0.2) is 31.6 Å². The molecule has 1 heterocycles. The van der Waals surface area contributed by atoms with E-state index in [1.54, 1.807) is 28.2 Å². The second kappa shape index (κ2) is 7.89. The van der Waals surface area contributed by atoms with Crippen molar-refractivity contribution < 1.29 is 12.8 Å². The Labute approximate surface area is 153 Å². The molecule has 1 unspecified atom stereocenters. The summed E-state index contributed by atoms with van der Waals surface area (Å²) in [7, 11) is -3.36. The van der Waals surface area contributed by atoms with Gasteiger partial charge >= 0.3 is 0 Å². The van der Waals surface area contributed by atoms with E-state index in [-0.39, 0.29) is 16.8 Å². The molecule has 134 valence electrons. The molecule has 1 atom stereocenters. The van der Waals surface area contributed by atoms with Crippen LogP contribution in [0.3, 0.4) is 0 Å². The van der Waals surface area contributed by atoms with Crippen LogP contribution in [0.25, 0.3) is 0 Å². The van der Waals surface area contributed by atoms with E-state index in [2.05, 4.69) is 0 Å². The van der Waals surface area contributed by atoms with Crippen molar-refractivity contribution in [2.24, 2.45) is 0 Å².